The van der Waals surface area contributed by atoms with Crippen LogP contribution >= 0.6 is 27.7 Å². The van der Waals surface area contributed by atoms with Gasteiger partial charge in [0.25, 0.3) is 0 Å². The first-order valence-corrected chi connectivity index (χ1v) is 9.60. The molecule has 2 heterocycles. The first-order valence-electron chi connectivity index (χ1n) is 7.83. The van der Waals surface area contributed by atoms with Crippen LogP contribution in [0.1, 0.15) is 19.9 Å². The van der Waals surface area contributed by atoms with Gasteiger partial charge in [-0.1, -0.05) is 11.8 Å². The van der Waals surface area contributed by atoms with E-state index < -0.39 is 0 Å². The van der Waals surface area contributed by atoms with Crippen molar-refractivity contribution in [3.63, 3.8) is 0 Å². The average Bonchev–Trinajstić information content (AvgIpc) is 3.21. The number of halogens is 2. The van der Waals surface area contributed by atoms with Gasteiger partial charge < -0.3 is 9.73 Å². The molecule has 0 saturated heterocycles. The van der Waals surface area contributed by atoms with Crippen LogP contribution in [0.15, 0.2) is 50.6 Å². The molecule has 9 heteroatoms. The minimum atomic E-state index is -0.348. The van der Waals surface area contributed by atoms with Crippen LogP contribution in [-0.4, -0.2) is 26.4 Å². The molecule has 3 aromatic rings. The van der Waals surface area contributed by atoms with Gasteiger partial charge in [-0.25, -0.2) is 4.39 Å². The number of rotatable bonds is 6. The first kappa shape index (κ1) is 18.7. The number of hydrogen-bond donors (Lipinski definition) is 1. The molecule has 1 N–H and O–H groups in total. The molecule has 2 aromatic heterocycles. The zero-order chi connectivity index (χ0) is 18.7. The molecular weight excluding hydrogens is 423 g/mol. The smallest absolute Gasteiger partial charge is 0.234 e. The summed E-state index contributed by atoms with van der Waals surface area (Å²) in [6.07, 6.45) is 0. The summed E-state index contributed by atoms with van der Waals surface area (Å²) in [5.41, 5.74) is 0.545. The van der Waals surface area contributed by atoms with Crippen molar-refractivity contribution < 1.29 is 13.6 Å². The normalized spacial score (nSPS) is 11.1. The molecule has 0 aliphatic rings. The number of nitrogens with one attached hydrogen (secondary N) is 1. The van der Waals surface area contributed by atoms with Crippen molar-refractivity contribution in [3.8, 4) is 11.6 Å². The second-order valence-electron chi connectivity index (χ2n) is 5.72. The number of furan rings is 1. The predicted molar refractivity (Wildman–Crippen MR) is 102 cm³/mol. The number of carbonyl (C=O) groups excluding carboxylic acids is 1. The van der Waals surface area contributed by atoms with Gasteiger partial charge in [-0.3, -0.25) is 9.36 Å². The average molecular weight is 439 g/mol. The van der Waals surface area contributed by atoms with Crippen LogP contribution in [0, 0.1) is 5.82 Å². The highest BCUT2D eigenvalue weighted by Crippen LogP contribution is 2.30. The van der Waals surface area contributed by atoms with Gasteiger partial charge in [0.2, 0.25) is 11.7 Å². The fourth-order valence-electron chi connectivity index (χ4n) is 2.30. The maximum Gasteiger partial charge on any atom is 0.234 e. The van der Waals surface area contributed by atoms with Gasteiger partial charge in [0, 0.05) is 11.7 Å². The van der Waals surface area contributed by atoms with Gasteiger partial charge in [-0.05, 0) is 66.2 Å². The highest BCUT2D eigenvalue weighted by Gasteiger charge is 2.20. The van der Waals surface area contributed by atoms with Crippen molar-refractivity contribution in [2.75, 3.05) is 11.1 Å². The largest absolute Gasteiger partial charge is 0.446 e. The van der Waals surface area contributed by atoms with Crippen molar-refractivity contribution in [1.29, 1.82) is 0 Å². The fraction of sp³-hybridized carbons (Fsp3) is 0.235. The Kier molecular flexibility index (Phi) is 5.77. The van der Waals surface area contributed by atoms with Crippen molar-refractivity contribution in [3.05, 3.63) is 46.9 Å². The summed E-state index contributed by atoms with van der Waals surface area (Å²) in [4.78, 5) is 12.1. The Morgan fingerprint density at radius 1 is 1.27 bits per heavy atom. The molecule has 0 saturated carbocycles. The summed E-state index contributed by atoms with van der Waals surface area (Å²) in [6, 6.07) is 9.31. The van der Waals surface area contributed by atoms with Crippen LogP contribution < -0.4 is 5.32 Å². The summed E-state index contributed by atoms with van der Waals surface area (Å²) in [5, 5.41) is 11.7. The molecule has 0 bridgehead atoms. The Morgan fingerprint density at radius 3 is 2.62 bits per heavy atom. The van der Waals surface area contributed by atoms with Crippen molar-refractivity contribution >= 4 is 39.3 Å². The van der Waals surface area contributed by atoms with Gasteiger partial charge in [0.05, 0.1) is 5.75 Å². The number of anilines is 1. The Bertz CT molecular complexity index is 908. The van der Waals surface area contributed by atoms with Crippen LogP contribution in [0.3, 0.4) is 0 Å². The van der Waals surface area contributed by atoms with Crippen LogP contribution in [0.25, 0.3) is 11.6 Å². The third kappa shape index (κ3) is 4.34. The number of nitrogens with zero attached hydrogens (tertiary/aromatic N) is 3. The second-order valence-corrected chi connectivity index (χ2v) is 7.44. The number of hydrogen-bond acceptors (Lipinski definition) is 5. The minimum Gasteiger partial charge on any atom is -0.446 e. The third-order valence-electron chi connectivity index (χ3n) is 3.43. The number of amides is 1. The maximum atomic E-state index is 12.9. The molecule has 0 atom stereocenters. The molecule has 26 heavy (non-hydrogen) atoms. The molecule has 0 spiro atoms. The minimum absolute atomic E-state index is 0.0894. The molecule has 136 valence electrons. The third-order valence-corrected chi connectivity index (χ3v) is 4.80. The number of thioether (sulfide) groups is 1. The molecule has 3 rings (SSSR count). The summed E-state index contributed by atoms with van der Waals surface area (Å²) >= 11 is 4.56. The highest BCUT2D eigenvalue weighted by molar-refractivity contribution is 9.10. The van der Waals surface area contributed by atoms with E-state index >= 15 is 0 Å². The van der Waals surface area contributed by atoms with Crippen molar-refractivity contribution in [2.24, 2.45) is 0 Å². The summed E-state index contributed by atoms with van der Waals surface area (Å²) < 4.78 is 21.0. The summed E-state index contributed by atoms with van der Waals surface area (Å²) in [5.74, 6) is 0.805. The predicted octanol–water partition coefficient (Wildman–Crippen LogP) is 4.75. The van der Waals surface area contributed by atoms with Crippen molar-refractivity contribution in [2.45, 2.75) is 25.0 Å². The number of carbonyl (C=O) groups is 1. The number of aromatic nitrogens is 3. The molecule has 1 aromatic carbocycles. The van der Waals surface area contributed by atoms with E-state index in [4.69, 9.17) is 4.42 Å². The molecule has 0 aliphatic carbocycles. The maximum absolute atomic E-state index is 12.9. The van der Waals surface area contributed by atoms with E-state index in [2.05, 4.69) is 31.4 Å². The van der Waals surface area contributed by atoms with E-state index in [1.807, 2.05) is 24.5 Å². The molecule has 6 nitrogen and oxygen atoms in total. The summed E-state index contributed by atoms with van der Waals surface area (Å²) in [7, 11) is 0. The molecular formula is C17H16BrFN4O2S. The van der Waals surface area contributed by atoms with Gasteiger partial charge in [0.15, 0.2) is 15.6 Å². The topological polar surface area (TPSA) is 73.0 Å². The monoisotopic (exact) mass is 438 g/mol. The first-order chi connectivity index (χ1) is 12.4. The molecule has 0 radical (unpaired) electrons. The van der Waals surface area contributed by atoms with E-state index in [0.29, 0.717) is 27.1 Å². The lowest BCUT2D eigenvalue weighted by Gasteiger charge is -2.12. The standard InChI is InChI=1S/C17H16BrFN4O2S/c1-10(2)23-16(13-7-8-14(18)25-13)21-22-17(23)26-9-15(24)20-12-5-3-11(19)4-6-12/h3-8,10H,9H2,1-2H3,(H,20,24). The number of benzene rings is 1. The zero-order valence-corrected chi connectivity index (χ0v) is 16.5. The van der Waals surface area contributed by atoms with E-state index in [9.17, 15) is 9.18 Å². The van der Waals surface area contributed by atoms with Crippen molar-refractivity contribution in [1.82, 2.24) is 14.8 Å². The van der Waals surface area contributed by atoms with Gasteiger partial charge in [-0.15, -0.1) is 10.2 Å². The highest BCUT2D eigenvalue weighted by atomic mass is 79.9. The molecule has 1 amide bonds. The fourth-order valence-corrected chi connectivity index (χ4v) is 3.48. The Labute approximate surface area is 162 Å². The van der Waals surface area contributed by atoms with E-state index in [-0.39, 0.29) is 23.5 Å². The quantitative estimate of drug-likeness (QED) is 0.562. The van der Waals surface area contributed by atoms with Gasteiger partial charge >= 0.3 is 0 Å². The van der Waals surface area contributed by atoms with Gasteiger partial charge in [-0.2, -0.15) is 0 Å². The lowest BCUT2D eigenvalue weighted by atomic mass is 10.3. The Balaban J connectivity index is 1.70. The lowest BCUT2D eigenvalue weighted by molar-refractivity contribution is -0.113. The second kappa shape index (κ2) is 8.05. The zero-order valence-electron chi connectivity index (χ0n) is 14.1. The Morgan fingerprint density at radius 2 is 2.00 bits per heavy atom. The lowest BCUT2D eigenvalue weighted by Crippen LogP contribution is -2.15. The summed E-state index contributed by atoms with van der Waals surface area (Å²) in [6.45, 7) is 4.01. The Hall–Kier alpha value is -2.13. The van der Waals surface area contributed by atoms with Crippen LogP contribution in [-0.2, 0) is 4.79 Å². The molecule has 0 fully saturated rings. The van der Waals surface area contributed by atoms with Crippen LogP contribution in [0.2, 0.25) is 0 Å². The molecule has 0 unspecified atom stereocenters. The van der Waals surface area contributed by atoms with Crippen LogP contribution in [0.5, 0.6) is 0 Å². The molecule has 0 aliphatic heterocycles. The SMILES string of the molecule is CC(C)n1c(SCC(=O)Nc2ccc(F)cc2)nnc1-c1ccc(Br)o1. The van der Waals surface area contributed by atoms with E-state index in [1.54, 1.807) is 6.07 Å². The van der Waals surface area contributed by atoms with Crippen LogP contribution in [0.4, 0.5) is 10.1 Å². The van der Waals surface area contributed by atoms with Gasteiger partial charge in [0.1, 0.15) is 5.82 Å². The van der Waals surface area contributed by atoms with E-state index in [0.717, 1.165) is 0 Å². The van der Waals surface area contributed by atoms with E-state index in [1.165, 1.54) is 36.0 Å².